The van der Waals surface area contributed by atoms with E-state index in [1.807, 2.05) is 0 Å². The second-order valence-corrected chi connectivity index (χ2v) is 10.7. The third-order valence-corrected chi connectivity index (χ3v) is 7.89. The molecule has 3 heterocycles. The second-order valence-electron chi connectivity index (χ2n) is 10.7. The molecule has 14 N–H and O–H groups in total. The summed E-state index contributed by atoms with van der Waals surface area (Å²) in [7, 11) is 0. The van der Waals surface area contributed by atoms with Crippen LogP contribution in [0.25, 0.3) is 0 Å². The lowest BCUT2D eigenvalue weighted by Gasteiger charge is -2.57. The quantitative estimate of drug-likeness (QED) is 0.106. The standard InChI is InChI=1S/C23H39NO19/c1-6(28)24-11-7(29)2-22(21(37)38,43-18(11)12(31)8(30)3-25)23(39)19(36)16(35)17(10(5-27)42-23)41-20-15(34)14(33)13(32)9(4-26)40-20/h7-20,25-27,29-36,39H,2-5H2,1H3,(H,24,28)(H,37,38)/t7-,8+,9+,10+,11+,12+,13-,14-,15+,16-,17+,18+,19+,20-,22?,23?/m0/s1. The molecule has 2 unspecified atom stereocenters. The maximum Gasteiger partial charge on any atom is 0.341 e. The highest BCUT2D eigenvalue weighted by atomic mass is 16.7. The van der Waals surface area contributed by atoms with E-state index >= 15 is 0 Å². The van der Waals surface area contributed by atoms with Crippen molar-refractivity contribution in [2.24, 2.45) is 0 Å². The summed E-state index contributed by atoms with van der Waals surface area (Å²) in [6, 6.07) is -1.65. The number of ether oxygens (including phenoxy) is 4. The molecule has 0 spiro atoms. The maximum atomic E-state index is 12.7. The van der Waals surface area contributed by atoms with E-state index in [0.717, 1.165) is 6.92 Å². The first-order valence-electron chi connectivity index (χ1n) is 13.2. The summed E-state index contributed by atoms with van der Waals surface area (Å²) < 4.78 is 21.4. The molecule has 0 radical (unpaired) electrons. The van der Waals surface area contributed by atoms with Crippen LogP contribution < -0.4 is 5.32 Å². The predicted molar refractivity (Wildman–Crippen MR) is 130 cm³/mol. The van der Waals surface area contributed by atoms with Crippen molar-refractivity contribution in [3.05, 3.63) is 0 Å². The average Bonchev–Trinajstić information content (AvgIpc) is 2.96. The summed E-state index contributed by atoms with van der Waals surface area (Å²) in [6.45, 7) is -2.15. The Hall–Kier alpha value is -1.70. The van der Waals surface area contributed by atoms with Gasteiger partial charge in [0, 0.05) is 13.3 Å². The smallest absolute Gasteiger partial charge is 0.341 e. The fraction of sp³-hybridized carbons (Fsp3) is 0.913. The summed E-state index contributed by atoms with van der Waals surface area (Å²) in [5, 5.41) is 137. The van der Waals surface area contributed by atoms with Crippen molar-refractivity contribution in [2.45, 2.75) is 110 Å². The van der Waals surface area contributed by atoms with Crippen molar-refractivity contribution in [1.82, 2.24) is 5.32 Å². The van der Waals surface area contributed by atoms with Gasteiger partial charge >= 0.3 is 5.97 Å². The van der Waals surface area contributed by atoms with E-state index in [1.54, 1.807) is 0 Å². The van der Waals surface area contributed by atoms with E-state index in [0.29, 0.717) is 0 Å². The van der Waals surface area contributed by atoms with Crippen molar-refractivity contribution in [3.63, 3.8) is 0 Å². The molecule has 0 aliphatic carbocycles. The van der Waals surface area contributed by atoms with Crippen LogP contribution in [0.15, 0.2) is 0 Å². The first kappa shape index (κ1) is 35.8. The first-order valence-corrected chi connectivity index (χ1v) is 13.2. The lowest BCUT2D eigenvalue weighted by atomic mass is 9.74. The molecule has 20 nitrogen and oxygen atoms in total. The Kier molecular flexibility index (Phi) is 11.4. The van der Waals surface area contributed by atoms with Gasteiger partial charge in [0.25, 0.3) is 0 Å². The van der Waals surface area contributed by atoms with Crippen LogP contribution in [0.3, 0.4) is 0 Å². The molecule has 3 aliphatic rings. The van der Waals surface area contributed by atoms with Gasteiger partial charge in [-0.05, 0) is 0 Å². The molecule has 43 heavy (non-hydrogen) atoms. The average molecular weight is 634 g/mol. The molecule has 20 heteroatoms. The number of carboxylic acid groups (broad SMARTS) is 1. The molecule has 3 rings (SSSR count). The summed E-state index contributed by atoms with van der Waals surface area (Å²) >= 11 is 0. The number of hydrogen-bond donors (Lipinski definition) is 14. The lowest BCUT2D eigenvalue weighted by Crippen LogP contribution is -2.80. The minimum Gasteiger partial charge on any atom is -0.479 e. The van der Waals surface area contributed by atoms with Crippen LogP contribution in [0.4, 0.5) is 0 Å². The van der Waals surface area contributed by atoms with Gasteiger partial charge < -0.3 is 90.6 Å². The zero-order valence-electron chi connectivity index (χ0n) is 22.7. The Morgan fingerprint density at radius 1 is 0.930 bits per heavy atom. The number of carbonyl (C=O) groups is 2. The van der Waals surface area contributed by atoms with Gasteiger partial charge in [-0.15, -0.1) is 0 Å². The molecule has 0 saturated carbocycles. The van der Waals surface area contributed by atoms with E-state index in [2.05, 4.69) is 5.32 Å². The van der Waals surface area contributed by atoms with Gasteiger partial charge in [-0.25, -0.2) is 4.79 Å². The zero-order valence-corrected chi connectivity index (χ0v) is 22.7. The van der Waals surface area contributed by atoms with Gasteiger partial charge in [0.05, 0.1) is 32.0 Å². The summed E-state index contributed by atoms with van der Waals surface area (Å²) in [5.41, 5.74) is -3.32. The van der Waals surface area contributed by atoms with Crippen LogP contribution >= 0.6 is 0 Å². The summed E-state index contributed by atoms with van der Waals surface area (Å²) in [5.74, 6) is -6.55. The molecule has 3 saturated heterocycles. The highest BCUT2D eigenvalue weighted by Crippen LogP contribution is 2.46. The number of aliphatic carboxylic acids is 1. The Morgan fingerprint density at radius 3 is 2.05 bits per heavy atom. The Labute approximate surface area is 242 Å². The van der Waals surface area contributed by atoms with Crippen LogP contribution in [-0.4, -0.2) is 195 Å². The fourth-order valence-corrected chi connectivity index (χ4v) is 5.51. The number of aliphatic hydroxyl groups excluding tert-OH is 11. The Balaban J connectivity index is 2.00. The summed E-state index contributed by atoms with van der Waals surface area (Å²) in [4.78, 5) is 24.5. The minimum atomic E-state index is -3.59. The van der Waals surface area contributed by atoms with Gasteiger partial charge in [-0.1, -0.05) is 0 Å². The molecule has 0 aromatic rings. The molecule has 0 aromatic carbocycles. The SMILES string of the molecule is CC(=O)N[C@H]1[C@H]([C@H](O)[C@H](O)CO)OC(C(=O)O)(C2(O)O[C@H](CO)[C@@H](O[C@@H]3O[C@H](CO)[C@H](O)[C@H](O)[C@H]3O)[C@H](O)[C@H]2O)C[C@@H]1O. The number of carbonyl (C=O) groups excluding carboxylic acids is 1. The van der Waals surface area contributed by atoms with E-state index in [-0.39, 0.29) is 0 Å². The zero-order chi connectivity index (χ0) is 32.6. The van der Waals surface area contributed by atoms with Crippen molar-refractivity contribution < 1.29 is 94.9 Å². The van der Waals surface area contributed by atoms with E-state index in [4.69, 9.17) is 18.9 Å². The van der Waals surface area contributed by atoms with Crippen molar-refractivity contribution >= 4 is 11.9 Å². The second kappa shape index (κ2) is 13.7. The van der Waals surface area contributed by atoms with Crippen LogP contribution in [0.5, 0.6) is 0 Å². The predicted octanol–water partition coefficient (Wildman–Crippen LogP) is -8.84. The largest absolute Gasteiger partial charge is 0.479 e. The van der Waals surface area contributed by atoms with Gasteiger partial charge in [0.2, 0.25) is 17.3 Å². The van der Waals surface area contributed by atoms with Gasteiger partial charge in [0.15, 0.2) is 6.29 Å². The highest BCUT2D eigenvalue weighted by molar-refractivity contribution is 5.80. The molecular weight excluding hydrogens is 594 g/mol. The number of nitrogens with one attached hydrogen (secondary N) is 1. The monoisotopic (exact) mass is 633 g/mol. The molecule has 250 valence electrons. The molecule has 3 fully saturated rings. The van der Waals surface area contributed by atoms with Gasteiger partial charge in [-0.3, -0.25) is 4.79 Å². The Morgan fingerprint density at radius 2 is 1.53 bits per heavy atom. The summed E-state index contributed by atoms with van der Waals surface area (Å²) in [6.07, 6.45) is -27.8. The number of carboxylic acids is 1. The van der Waals surface area contributed by atoms with E-state index < -0.39 is 135 Å². The van der Waals surface area contributed by atoms with Gasteiger partial charge in [0.1, 0.15) is 67.1 Å². The number of aliphatic hydroxyl groups is 12. The molecule has 1 amide bonds. The lowest BCUT2D eigenvalue weighted by molar-refractivity contribution is -0.428. The fourth-order valence-electron chi connectivity index (χ4n) is 5.51. The van der Waals surface area contributed by atoms with Crippen LogP contribution in [0, 0.1) is 0 Å². The van der Waals surface area contributed by atoms with Crippen LogP contribution in [0.1, 0.15) is 13.3 Å². The van der Waals surface area contributed by atoms with Crippen molar-refractivity contribution in [2.75, 3.05) is 19.8 Å². The molecule has 0 bridgehead atoms. The molecular formula is C23H39NO19. The van der Waals surface area contributed by atoms with Crippen molar-refractivity contribution in [1.29, 1.82) is 0 Å². The van der Waals surface area contributed by atoms with Crippen LogP contribution in [0.2, 0.25) is 0 Å². The van der Waals surface area contributed by atoms with E-state index in [9.17, 15) is 76.0 Å². The van der Waals surface area contributed by atoms with Crippen molar-refractivity contribution in [3.8, 4) is 0 Å². The van der Waals surface area contributed by atoms with Crippen LogP contribution in [-0.2, 0) is 28.5 Å². The van der Waals surface area contributed by atoms with E-state index in [1.165, 1.54) is 0 Å². The first-order chi connectivity index (χ1) is 20.0. The molecule has 16 atom stereocenters. The third kappa shape index (κ3) is 6.37. The third-order valence-electron chi connectivity index (χ3n) is 7.89. The number of hydrogen-bond acceptors (Lipinski definition) is 18. The highest BCUT2D eigenvalue weighted by Gasteiger charge is 2.72. The maximum absolute atomic E-state index is 12.7. The topological polar surface area (TPSA) is 346 Å². The molecule has 0 aromatic heterocycles. The number of amides is 1. The minimum absolute atomic E-state index is 0.803. The van der Waals surface area contributed by atoms with Gasteiger partial charge in [-0.2, -0.15) is 0 Å². The number of rotatable bonds is 10. The molecule has 3 aliphatic heterocycles. The normalized spacial score (nSPS) is 47.0. The Bertz CT molecular complexity index is 971.